The highest BCUT2D eigenvalue weighted by Crippen LogP contribution is 2.53. The highest BCUT2D eigenvalue weighted by Gasteiger charge is 2.32. The van der Waals surface area contributed by atoms with E-state index in [0.717, 1.165) is 160 Å². The molecule has 0 aliphatic carbocycles. The van der Waals surface area contributed by atoms with E-state index in [2.05, 4.69) is 185 Å². The normalized spacial score (nSPS) is 11.9. The van der Waals surface area contributed by atoms with Crippen molar-refractivity contribution in [2.45, 2.75) is 0 Å². The standard InChI is InChI=1S/C82H46N6O3/c1-83-63-47-62(82-85-80(51-27-12-5-13-28-51)84-81(86-82)59-32-20-36-71-73(59)58-31-16-19-35-70(58)89-71)72(50-25-10-4-11-26-50)77(88-65-42-38-53(49-23-8-3-9-24-49)46-61(65)75-67(88)44-40-57-55-30-15-18-34-69(55)91-79(57)75)76(63)87-64-41-37-52(48-21-6-2-7-22-48)45-60(64)74-66(87)43-39-56-54-29-14-17-33-68(54)90-78(56)74/h2-47H. The molecular formula is C82H46N6O3. The second kappa shape index (κ2) is 19.7. The van der Waals surface area contributed by atoms with Gasteiger partial charge in [-0.05, 0) is 107 Å². The second-order valence-electron chi connectivity index (χ2n) is 23.2. The van der Waals surface area contributed by atoms with Crippen LogP contribution in [0.25, 0.3) is 193 Å². The van der Waals surface area contributed by atoms with Crippen LogP contribution in [0.5, 0.6) is 0 Å². The largest absolute Gasteiger partial charge is 0.456 e. The van der Waals surface area contributed by atoms with E-state index in [1.54, 1.807) is 0 Å². The zero-order valence-electron chi connectivity index (χ0n) is 48.5. The molecule has 19 rings (SSSR count). The van der Waals surface area contributed by atoms with Crippen molar-refractivity contribution in [3.05, 3.63) is 290 Å². The van der Waals surface area contributed by atoms with Gasteiger partial charge in [-0.25, -0.2) is 19.8 Å². The fraction of sp³-hybridized carbons (Fsp3) is 0. The van der Waals surface area contributed by atoms with E-state index in [0.29, 0.717) is 34.4 Å². The molecule has 0 aliphatic heterocycles. The number of hydrogen-bond acceptors (Lipinski definition) is 6. The predicted molar refractivity (Wildman–Crippen MR) is 369 cm³/mol. The Hall–Kier alpha value is -12.6. The fourth-order valence-corrected chi connectivity index (χ4v) is 14.2. The lowest BCUT2D eigenvalue weighted by atomic mass is 9.93. The van der Waals surface area contributed by atoms with Crippen molar-refractivity contribution in [2.75, 3.05) is 0 Å². The number of para-hydroxylation sites is 3. The monoisotopic (exact) mass is 1160 g/mol. The lowest BCUT2D eigenvalue weighted by molar-refractivity contribution is 0.669. The molecule has 9 heteroatoms. The molecule has 0 fully saturated rings. The molecule has 0 bridgehead atoms. The minimum atomic E-state index is 0.368. The van der Waals surface area contributed by atoms with Gasteiger partial charge in [0.15, 0.2) is 17.5 Å². The number of fused-ring (bicyclic) bond motifs is 17. The summed E-state index contributed by atoms with van der Waals surface area (Å²) in [5.41, 5.74) is 18.1. The van der Waals surface area contributed by atoms with E-state index >= 15 is 0 Å². The van der Waals surface area contributed by atoms with E-state index in [9.17, 15) is 6.57 Å². The van der Waals surface area contributed by atoms with Crippen LogP contribution in [-0.4, -0.2) is 24.1 Å². The third kappa shape index (κ3) is 7.60. The molecule has 0 saturated heterocycles. The molecule has 0 aliphatic rings. The van der Waals surface area contributed by atoms with Crippen LogP contribution >= 0.6 is 0 Å². The average Bonchev–Trinajstić information content (AvgIpc) is 1.56. The zero-order chi connectivity index (χ0) is 59.8. The number of benzene rings is 13. The van der Waals surface area contributed by atoms with Gasteiger partial charge in [-0.3, -0.25) is 0 Å². The minimum absolute atomic E-state index is 0.368. The van der Waals surface area contributed by atoms with Crippen molar-refractivity contribution < 1.29 is 13.3 Å². The Kier molecular flexibility index (Phi) is 10.9. The molecule has 9 nitrogen and oxygen atoms in total. The van der Waals surface area contributed by atoms with Gasteiger partial charge in [-0.15, -0.1) is 0 Å². The van der Waals surface area contributed by atoms with Gasteiger partial charge >= 0.3 is 0 Å². The summed E-state index contributed by atoms with van der Waals surface area (Å²) in [6, 6.07) is 96.4. The van der Waals surface area contributed by atoms with Crippen LogP contribution in [0.4, 0.5) is 5.69 Å². The molecule has 19 aromatic rings. The molecule has 0 saturated carbocycles. The van der Waals surface area contributed by atoms with Gasteiger partial charge in [0.2, 0.25) is 5.69 Å². The number of nitrogens with zero attached hydrogens (tertiary/aromatic N) is 6. The van der Waals surface area contributed by atoms with Gasteiger partial charge in [0.05, 0.1) is 50.8 Å². The molecule has 0 amide bonds. The molecule has 0 unspecified atom stereocenters. The van der Waals surface area contributed by atoms with Crippen molar-refractivity contribution in [2.24, 2.45) is 0 Å². The Bertz CT molecular complexity index is 6270. The quantitative estimate of drug-likeness (QED) is 0.141. The highest BCUT2D eigenvalue weighted by molar-refractivity contribution is 6.27. The van der Waals surface area contributed by atoms with Crippen LogP contribution < -0.4 is 0 Å². The summed E-state index contributed by atoms with van der Waals surface area (Å²) < 4.78 is 25.3. The predicted octanol–water partition coefficient (Wildman–Crippen LogP) is 22.3. The molecule has 0 radical (unpaired) electrons. The van der Waals surface area contributed by atoms with Crippen LogP contribution in [0.3, 0.4) is 0 Å². The summed E-state index contributed by atoms with van der Waals surface area (Å²) in [5.74, 6) is 1.32. The van der Waals surface area contributed by atoms with Crippen molar-refractivity contribution >= 4 is 115 Å². The van der Waals surface area contributed by atoms with E-state index < -0.39 is 0 Å². The maximum absolute atomic E-state index is 9.74. The SMILES string of the molecule is [C-]#[N+]c1cc(-c2nc(-c3ccccc3)nc(-c3cccc4oc5ccccc5c34)n2)c(-c2ccccc2)c(-n2c3ccc(-c4ccccc4)cc3c3c4oc5ccccc5c4ccc32)c1-n1c2ccc(-c3ccccc3)cc2c2c3oc4ccccc4c3ccc21. The first-order valence-electron chi connectivity index (χ1n) is 30.3. The van der Waals surface area contributed by atoms with Crippen LogP contribution in [0.15, 0.2) is 292 Å². The molecule has 0 N–H and O–H groups in total. The summed E-state index contributed by atoms with van der Waals surface area (Å²) in [4.78, 5) is 21.2. The van der Waals surface area contributed by atoms with Crippen molar-refractivity contribution in [3.63, 3.8) is 0 Å². The molecule has 13 aromatic carbocycles. The average molecular weight is 1160 g/mol. The Labute approximate surface area is 519 Å². The van der Waals surface area contributed by atoms with E-state index in [1.807, 2.05) is 103 Å². The Balaban J connectivity index is 1.02. The summed E-state index contributed by atoms with van der Waals surface area (Å²) in [6.45, 7) is 9.74. The van der Waals surface area contributed by atoms with Gasteiger partial charge in [0, 0.05) is 65.3 Å². The van der Waals surface area contributed by atoms with E-state index in [4.69, 9.17) is 33.0 Å². The van der Waals surface area contributed by atoms with Crippen LogP contribution in [0.2, 0.25) is 0 Å². The molecule has 6 heterocycles. The number of furan rings is 3. The fourth-order valence-electron chi connectivity index (χ4n) is 14.2. The van der Waals surface area contributed by atoms with Gasteiger partial charge in [-0.1, -0.05) is 200 Å². The van der Waals surface area contributed by atoms with Gasteiger partial charge < -0.3 is 22.4 Å². The Morgan fingerprint density at radius 1 is 0.286 bits per heavy atom. The third-order valence-electron chi connectivity index (χ3n) is 18.2. The topological polar surface area (TPSA) is 92.3 Å². The summed E-state index contributed by atoms with van der Waals surface area (Å²) in [5, 5.41) is 9.73. The first-order chi connectivity index (χ1) is 45.1. The summed E-state index contributed by atoms with van der Waals surface area (Å²) >= 11 is 0. The highest BCUT2D eigenvalue weighted by atomic mass is 16.3. The number of aromatic nitrogens is 5. The third-order valence-corrected chi connectivity index (χ3v) is 18.2. The van der Waals surface area contributed by atoms with E-state index in [1.165, 1.54) is 0 Å². The van der Waals surface area contributed by atoms with Gasteiger partial charge in [-0.2, -0.15) is 0 Å². The first kappa shape index (κ1) is 50.5. The first-order valence-corrected chi connectivity index (χ1v) is 30.3. The van der Waals surface area contributed by atoms with Crippen LogP contribution in [0, 0.1) is 6.57 Å². The Morgan fingerprint density at radius 3 is 1.27 bits per heavy atom. The van der Waals surface area contributed by atoms with Gasteiger partial charge in [0.25, 0.3) is 0 Å². The summed E-state index contributed by atoms with van der Waals surface area (Å²) in [7, 11) is 0. The molecule has 0 spiro atoms. The van der Waals surface area contributed by atoms with Crippen molar-refractivity contribution in [1.82, 2.24) is 24.1 Å². The molecule has 6 aromatic heterocycles. The maximum Gasteiger partial charge on any atom is 0.213 e. The maximum atomic E-state index is 9.74. The number of rotatable bonds is 8. The van der Waals surface area contributed by atoms with Crippen LogP contribution in [0.1, 0.15) is 0 Å². The molecule has 0 atom stereocenters. The van der Waals surface area contributed by atoms with Crippen LogP contribution in [-0.2, 0) is 0 Å². The molecular weight excluding hydrogens is 1120 g/mol. The lowest BCUT2D eigenvalue weighted by Crippen LogP contribution is -2.09. The van der Waals surface area contributed by atoms with E-state index in [-0.39, 0.29) is 0 Å². The smallest absolute Gasteiger partial charge is 0.213 e. The lowest BCUT2D eigenvalue weighted by Gasteiger charge is -2.25. The van der Waals surface area contributed by atoms with Crippen molar-refractivity contribution in [3.8, 4) is 78.9 Å². The van der Waals surface area contributed by atoms with Gasteiger partial charge in [0.1, 0.15) is 33.5 Å². The Morgan fingerprint density at radius 2 is 0.725 bits per heavy atom. The van der Waals surface area contributed by atoms with Crippen molar-refractivity contribution in [1.29, 1.82) is 0 Å². The molecule has 422 valence electrons. The zero-order valence-corrected chi connectivity index (χ0v) is 48.5. The second-order valence-corrected chi connectivity index (χ2v) is 23.2. The minimum Gasteiger partial charge on any atom is -0.456 e. The number of hydrogen-bond donors (Lipinski definition) is 0. The molecule has 91 heavy (non-hydrogen) atoms. The summed E-state index contributed by atoms with van der Waals surface area (Å²) in [6.07, 6.45) is 0.